The third-order valence-corrected chi connectivity index (χ3v) is 6.06. The van der Waals surface area contributed by atoms with E-state index in [2.05, 4.69) is 6.58 Å². The fourth-order valence-corrected chi connectivity index (χ4v) is 4.39. The molecule has 1 aromatic carbocycles. The lowest BCUT2D eigenvalue weighted by molar-refractivity contribution is -0.139. The number of carbonyl (C=O) groups excluding carboxylic acids is 2. The zero-order chi connectivity index (χ0) is 21.2. The maximum atomic E-state index is 13.1. The number of aliphatic hydroxyl groups excluding tert-OH is 1. The van der Waals surface area contributed by atoms with Gasteiger partial charge in [0.1, 0.15) is 0 Å². The topological polar surface area (TPSA) is 81.1 Å². The van der Waals surface area contributed by atoms with Gasteiger partial charge in [-0.3, -0.25) is 9.59 Å². The van der Waals surface area contributed by atoms with E-state index in [4.69, 9.17) is 11.6 Å². The van der Waals surface area contributed by atoms with Crippen molar-refractivity contribution in [2.75, 3.05) is 24.6 Å². The molecule has 2 aliphatic heterocycles. The Bertz CT molecular complexity index is 840. The van der Waals surface area contributed by atoms with Crippen LogP contribution in [0.4, 0.5) is 5.69 Å². The van der Waals surface area contributed by atoms with E-state index in [1.54, 1.807) is 48.3 Å². The van der Waals surface area contributed by atoms with Crippen molar-refractivity contribution in [2.45, 2.75) is 37.8 Å². The van der Waals surface area contributed by atoms with Crippen molar-refractivity contribution >= 4 is 29.1 Å². The Morgan fingerprint density at radius 2 is 2.24 bits per heavy atom. The summed E-state index contributed by atoms with van der Waals surface area (Å²) in [7, 11) is 0. The number of rotatable bonds is 7. The first-order valence-corrected chi connectivity index (χ1v) is 10.2. The smallest absolute Gasteiger partial charge is 0.264 e. The third kappa shape index (κ3) is 3.84. The van der Waals surface area contributed by atoms with Crippen molar-refractivity contribution in [3.8, 4) is 0 Å². The van der Waals surface area contributed by atoms with Gasteiger partial charge in [0.05, 0.1) is 18.3 Å². The van der Waals surface area contributed by atoms with E-state index in [1.807, 2.05) is 0 Å². The van der Waals surface area contributed by atoms with Crippen LogP contribution in [0, 0.1) is 5.92 Å². The average molecular weight is 419 g/mol. The van der Waals surface area contributed by atoms with Crippen LogP contribution in [0.1, 0.15) is 31.7 Å². The first kappa shape index (κ1) is 21.6. The molecule has 0 aliphatic carbocycles. The summed E-state index contributed by atoms with van der Waals surface area (Å²) in [4.78, 5) is 28.7. The van der Waals surface area contributed by atoms with Crippen molar-refractivity contribution in [3.05, 3.63) is 53.6 Å². The Morgan fingerprint density at radius 1 is 1.48 bits per heavy atom. The van der Waals surface area contributed by atoms with Gasteiger partial charge in [-0.05, 0) is 31.0 Å². The highest BCUT2D eigenvalue weighted by Crippen LogP contribution is 2.46. The minimum absolute atomic E-state index is 0.0310. The van der Waals surface area contributed by atoms with Crippen LogP contribution in [0.3, 0.4) is 0 Å². The van der Waals surface area contributed by atoms with Crippen LogP contribution < -0.4 is 4.90 Å². The maximum Gasteiger partial charge on any atom is 0.264 e. The van der Waals surface area contributed by atoms with Gasteiger partial charge in [0, 0.05) is 36.0 Å². The second-order valence-corrected chi connectivity index (χ2v) is 8.06. The monoisotopic (exact) mass is 418 g/mol. The summed E-state index contributed by atoms with van der Waals surface area (Å²) in [5.41, 5.74) is -0.689. The molecule has 3 atom stereocenters. The molecule has 0 saturated carbocycles. The predicted octanol–water partition coefficient (Wildman–Crippen LogP) is 2.63. The molecule has 3 rings (SSSR count). The Balaban J connectivity index is 1.79. The van der Waals surface area contributed by atoms with Crippen LogP contribution in [-0.4, -0.2) is 52.7 Å². The molecule has 156 valence electrons. The van der Waals surface area contributed by atoms with Crippen molar-refractivity contribution in [1.82, 2.24) is 4.90 Å². The quantitative estimate of drug-likeness (QED) is 0.667. The van der Waals surface area contributed by atoms with E-state index >= 15 is 0 Å². The number of carbonyl (C=O) groups is 2. The molecule has 1 saturated heterocycles. The zero-order valence-electron chi connectivity index (χ0n) is 16.6. The Labute approximate surface area is 176 Å². The van der Waals surface area contributed by atoms with Gasteiger partial charge in [0.15, 0.2) is 5.60 Å². The molecular weight excluding hydrogens is 392 g/mol. The summed E-state index contributed by atoms with van der Waals surface area (Å²) < 4.78 is 0. The van der Waals surface area contributed by atoms with Crippen molar-refractivity contribution in [2.24, 2.45) is 5.92 Å². The van der Waals surface area contributed by atoms with Gasteiger partial charge in [-0.1, -0.05) is 36.8 Å². The number of nitrogens with zero attached hydrogens (tertiary/aromatic N) is 2. The molecule has 0 spiro atoms. The molecule has 2 aliphatic rings. The first-order chi connectivity index (χ1) is 13.8. The summed E-state index contributed by atoms with van der Waals surface area (Å²) in [6, 6.07) is 4.90. The number of anilines is 1. The summed E-state index contributed by atoms with van der Waals surface area (Å²) in [6.07, 6.45) is 6.85. The molecular formula is C22H27ClN2O4. The van der Waals surface area contributed by atoms with Gasteiger partial charge in [0.2, 0.25) is 5.91 Å². The minimum atomic E-state index is -1.76. The van der Waals surface area contributed by atoms with Gasteiger partial charge in [-0.25, -0.2) is 0 Å². The van der Waals surface area contributed by atoms with E-state index in [1.165, 1.54) is 4.90 Å². The van der Waals surface area contributed by atoms with E-state index in [0.29, 0.717) is 22.8 Å². The highest BCUT2D eigenvalue weighted by molar-refractivity contribution is 6.31. The Morgan fingerprint density at radius 3 is 2.93 bits per heavy atom. The molecule has 0 aromatic heterocycles. The van der Waals surface area contributed by atoms with Crippen LogP contribution in [-0.2, 0) is 15.2 Å². The molecule has 1 fully saturated rings. The summed E-state index contributed by atoms with van der Waals surface area (Å²) >= 11 is 6.12. The number of hydrogen-bond acceptors (Lipinski definition) is 4. The SMILES string of the molecule is C=CCN1C(=O)[C@](O)([C@H](C)/C=C/CC(=O)N2CCC[C@H]2CO)c2cc(Cl)ccc21. The van der Waals surface area contributed by atoms with Crippen molar-refractivity contribution < 1.29 is 19.8 Å². The van der Waals surface area contributed by atoms with Crippen LogP contribution in [0.5, 0.6) is 0 Å². The summed E-state index contributed by atoms with van der Waals surface area (Å²) in [5.74, 6) is -1.06. The summed E-state index contributed by atoms with van der Waals surface area (Å²) in [6.45, 7) is 6.33. The van der Waals surface area contributed by atoms with Crippen molar-refractivity contribution in [3.63, 3.8) is 0 Å². The lowest BCUT2D eigenvalue weighted by Gasteiger charge is -2.27. The number of fused-ring (bicyclic) bond motifs is 1. The highest BCUT2D eigenvalue weighted by atomic mass is 35.5. The normalized spacial score (nSPS) is 25.0. The lowest BCUT2D eigenvalue weighted by Crippen LogP contribution is -2.44. The van der Waals surface area contributed by atoms with Crippen LogP contribution in [0.15, 0.2) is 43.0 Å². The third-order valence-electron chi connectivity index (χ3n) is 5.83. The standard InChI is InChI=1S/C22H27ClN2O4/c1-3-11-25-19-10-9-16(23)13-18(19)22(29,21(25)28)15(2)6-4-8-20(27)24-12-5-7-17(24)14-26/h3-4,6,9-10,13,15,17,26,29H,1,5,7-8,11-12,14H2,2H3/b6-4+/t15-,17+,22+/m1/s1. The predicted molar refractivity (Wildman–Crippen MR) is 113 cm³/mol. The van der Waals surface area contributed by atoms with E-state index in [0.717, 1.165) is 12.8 Å². The van der Waals surface area contributed by atoms with Crippen LogP contribution >= 0.6 is 11.6 Å². The van der Waals surface area contributed by atoms with E-state index in [-0.39, 0.29) is 31.5 Å². The van der Waals surface area contributed by atoms with Gasteiger partial charge in [-0.2, -0.15) is 0 Å². The first-order valence-electron chi connectivity index (χ1n) is 9.86. The van der Waals surface area contributed by atoms with Gasteiger partial charge in [0.25, 0.3) is 5.91 Å². The lowest BCUT2D eigenvalue weighted by atomic mass is 9.83. The van der Waals surface area contributed by atoms with Crippen LogP contribution in [0.2, 0.25) is 5.02 Å². The highest BCUT2D eigenvalue weighted by Gasteiger charge is 2.52. The van der Waals surface area contributed by atoms with E-state index in [9.17, 15) is 19.8 Å². The van der Waals surface area contributed by atoms with Gasteiger partial charge in [-0.15, -0.1) is 6.58 Å². The second kappa shape index (κ2) is 8.69. The average Bonchev–Trinajstić information content (AvgIpc) is 3.26. The number of amides is 2. The number of halogens is 1. The molecule has 0 radical (unpaired) electrons. The minimum Gasteiger partial charge on any atom is -0.394 e. The largest absolute Gasteiger partial charge is 0.394 e. The van der Waals surface area contributed by atoms with E-state index < -0.39 is 17.4 Å². The molecule has 2 heterocycles. The molecule has 2 N–H and O–H groups in total. The molecule has 7 heteroatoms. The zero-order valence-corrected chi connectivity index (χ0v) is 17.3. The maximum absolute atomic E-state index is 13.1. The molecule has 0 bridgehead atoms. The molecule has 2 amide bonds. The van der Waals surface area contributed by atoms with Crippen LogP contribution in [0.25, 0.3) is 0 Å². The number of hydrogen-bond donors (Lipinski definition) is 2. The van der Waals surface area contributed by atoms with Gasteiger partial charge >= 0.3 is 0 Å². The number of likely N-dealkylation sites (tertiary alicyclic amines) is 1. The molecule has 1 aromatic rings. The summed E-state index contributed by atoms with van der Waals surface area (Å²) in [5, 5.41) is 21.2. The number of benzene rings is 1. The molecule has 0 unspecified atom stereocenters. The Hall–Kier alpha value is -2.15. The Kier molecular flexibility index (Phi) is 6.46. The fraction of sp³-hybridized carbons (Fsp3) is 0.455. The molecule has 6 nitrogen and oxygen atoms in total. The van der Waals surface area contributed by atoms with Gasteiger partial charge < -0.3 is 20.0 Å². The fourth-order valence-electron chi connectivity index (χ4n) is 4.21. The van der Waals surface area contributed by atoms with Crippen molar-refractivity contribution in [1.29, 1.82) is 0 Å². The molecule has 29 heavy (non-hydrogen) atoms. The second-order valence-electron chi connectivity index (χ2n) is 7.62. The number of aliphatic hydroxyl groups is 2.